The van der Waals surface area contributed by atoms with E-state index < -0.39 is 16.1 Å². The molecule has 1 aliphatic rings. The molecule has 0 aromatic rings. The van der Waals surface area contributed by atoms with Crippen molar-refractivity contribution in [2.45, 2.75) is 19.3 Å². The number of hydrogen-bond donors (Lipinski definition) is 0. The summed E-state index contributed by atoms with van der Waals surface area (Å²) in [5.74, 6) is -0.765. The van der Waals surface area contributed by atoms with Gasteiger partial charge in [-0.3, -0.25) is 4.89 Å². The Hall–Kier alpha value is -0.620. The van der Waals surface area contributed by atoms with Gasteiger partial charge in [0.05, 0.1) is 12.2 Å². The molecule has 1 saturated carbocycles. The van der Waals surface area contributed by atoms with Crippen LogP contribution in [0, 0.1) is 5.92 Å². The highest BCUT2D eigenvalue weighted by atomic mass is 32.2. The Kier molecular flexibility index (Phi) is 2.69. The van der Waals surface area contributed by atoms with Crippen molar-refractivity contribution in [1.82, 2.24) is 0 Å². The molecular weight excluding hydrogens is 184 g/mol. The molecule has 6 heteroatoms. The van der Waals surface area contributed by atoms with E-state index in [0.29, 0.717) is 0 Å². The molecule has 1 fully saturated rings. The molecule has 1 aliphatic carbocycles. The number of rotatable bonds is 3. The summed E-state index contributed by atoms with van der Waals surface area (Å²) in [6.07, 6.45) is 3.32. The summed E-state index contributed by atoms with van der Waals surface area (Å²) in [5.41, 5.74) is 0. The van der Waals surface area contributed by atoms with Crippen LogP contribution in [0.2, 0.25) is 0 Å². The van der Waals surface area contributed by atoms with Crippen LogP contribution in [0.3, 0.4) is 0 Å². The lowest BCUT2D eigenvalue weighted by Gasteiger charge is -2.21. The van der Waals surface area contributed by atoms with Gasteiger partial charge in [0.25, 0.3) is 10.1 Å². The number of carbonyl (C=O) groups is 1. The lowest BCUT2D eigenvalue weighted by atomic mass is 9.86. The number of carbonyl (C=O) groups excluding carboxylic acids is 1. The van der Waals surface area contributed by atoms with Crippen molar-refractivity contribution in [3.63, 3.8) is 0 Å². The van der Waals surface area contributed by atoms with Crippen molar-refractivity contribution in [3.05, 3.63) is 0 Å². The second kappa shape index (κ2) is 3.40. The van der Waals surface area contributed by atoms with Gasteiger partial charge in [0.2, 0.25) is 0 Å². The molecule has 0 aromatic carbocycles. The normalized spacial score (nSPS) is 18.4. The van der Waals surface area contributed by atoms with Crippen LogP contribution in [0.15, 0.2) is 0 Å². The molecule has 0 unspecified atom stereocenters. The van der Waals surface area contributed by atoms with Gasteiger partial charge in [0.1, 0.15) is 0 Å². The van der Waals surface area contributed by atoms with Crippen LogP contribution in [-0.4, -0.2) is 20.6 Å². The van der Waals surface area contributed by atoms with Crippen LogP contribution in [0.25, 0.3) is 0 Å². The van der Waals surface area contributed by atoms with Crippen LogP contribution < -0.4 is 0 Å². The molecule has 0 heterocycles. The zero-order chi connectivity index (χ0) is 9.19. The molecular formula is C6H10O5S. The molecule has 0 aliphatic heterocycles. The summed E-state index contributed by atoms with van der Waals surface area (Å²) in [6.45, 7) is 0. The van der Waals surface area contributed by atoms with Gasteiger partial charge in [-0.05, 0) is 12.8 Å². The minimum Gasteiger partial charge on any atom is -0.281 e. The van der Waals surface area contributed by atoms with Crippen LogP contribution in [0.4, 0.5) is 0 Å². The van der Waals surface area contributed by atoms with Crippen LogP contribution in [-0.2, 0) is 24.1 Å². The standard InChI is InChI=1S/C6H10O5S/c1-12(8,9)11-10-6(7)5-3-2-4-5/h5H,2-4H2,1H3. The van der Waals surface area contributed by atoms with Crippen molar-refractivity contribution < 1.29 is 22.4 Å². The lowest BCUT2D eigenvalue weighted by Crippen LogP contribution is -2.25. The van der Waals surface area contributed by atoms with Gasteiger partial charge in [-0.2, -0.15) is 8.42 Å². The molecule has 0 radical (unpaired) electrons. The van der Waals surface area contributed by atoms with Crippen LogP contribution >= 0.6 is 0 Å². The average molecular weight is 194 g/mol. The van der Waals surface area contributed by atoms with Crippen molar-refractivity contribution in [2.24, 2.45) is 5.92 Å². The third kappa shape index (κ3) is 2.78. The minimum atomic E-state index is -3.68. The third-order valence-corrected chi connectivity index (χ3v) is 1.99. The molecule has 5 nitrogen and oxygen atoms in total. The maximum absolute atomic E-state index is 10.9. The zero-order valence-electron chi connectivity index (χ0n) is 6.65. The van der Waals surface area contributed by atoms with Crippen molar-refractivity contribution >= 4 is 16.1 Å². The first-order chi connectivity index (χ1) is 5.49. The molecule has 0 atom stereocenters. The van der Waals surface area contributed by atoms with Crippen molar-refractivity contribution in [1.29, 1.82) is 0 Å². The monoisotopic (exact) mass is 194 g/mol. The Balaban J connectivity index is 2.27. The fourth-order valence-electron chi connectivity index (χ4n) is 0.807. The van der Waals surface area contributed by atoms with Gasteiger partial charge < -0.3 is 0 Å². The predicted molar refractivity (Wildman–Crippen MR) is 39.4 cm³/mol. The van der Waals surface area contributed by atoms with Crippen LogP contribution in [0.5, 0.6) is 0 Å². The predicted octanol–water partition coefficient (Wildman–Crippen LogP) is 0.221. The number of hydrogen-bond acceptors (Lipinski definition) is 5. The highest BCUT2D eigenvalue weighted by Crippen LogP contribution is 2.27. The Bertz CT molecular complexity index is 264. The molecule has 0 bridgehead atoms. The van der Waals surface area contributed by atoms with Gasteiger partial charge in [-0.25, -0.2) is 4.79 Å². The first-order valence-corrected chi connectivity index (χ1v) is 5.40. The molecule has 0 amide bonds. The summed E-state index contributed by atoms with van der Waals surface area (Å²) in [7, 11) is -3.68. The fourth-order valence-corrected chi connectivity index (χ4v) is 0.998. The van der Waals surface area contributed by atoms with Gasteiger partial charge in [-0.1, -0.05) is 10.8 Å². The molecule has 0 saturated heterocycles. The van der Waals surface area contributed by atoms with Crippen LogP contribution in [0.1, 0.15) is 19.3 Å². The maximum Gasteiger partial charge on any atom is 0.346 e. The Morgan fingerprint density at radius 2 is 2.00 bits per heavy atom. The van der Waals surface area contributed by atoms with Gasteiger partial charge in [0, 0.05) is 0 Å². The Labute approximate surface area is 70.7 Å². The largest absolute Gasteiger partial charge is 0.346 e. The average Bonchev–Trinajstić information content (AvgIpc) is 1.78. The van der Waals surface area contributed by atoms with Crippen molar-refractivity contribution in [3.8, 4) is 0 Å². The first-order valence-electron chi connectivity index (χ1n) is 3.59. The van der Waals surface area contributed by atoms with E-state index in [4.69, 9.17) is 0 Å². The SMILES string of the molecule is CS(=O)(=O)OOC(=O)C1CCC1. The van der Waals surface area contributed by atoms with E-state index in [2.05, 4.69) is 9.22 Å². The second-order valence-electron chi connectivity index (χ2n) is 2.80. The summed E-state index contributed by atoms with van der Waals surface area (Å²) in [4.78, 5) is 14.9. The first kappa shape index (κ1) is 9.47. The van der Waals surface area contributed by atoms with Crippen molar-refractivity contribution in [2.75, 3.05) is 6.26 Å². The zero-order valence-corrected chi connectivity index (χ0v) is 7.46. The third-order valence-electron chi connectivity index (χ3n) is 1.68. The summed E-state index contributed by atoms with van der Waals surface area (Å²) < 4.78 is 24.6. The van der Waals surface area contributed by atoms with E-state index >= 15 is 0 Å². The fraction of sp³-hybridized carbons (Fsp3) is 0.833. The van der Waals surface area contributed by atoms with E-state index in [1.54, 1.807) is 0 Å². The molecule has 12 heavy (non-hydrogen) atoms. The molecule has 0 aromatic heterocycles. The van der Waals surface area contributed by atoms with Gasteiger partial charge >= 0.3 is 5.97 Å². The summed E-state index contributed by atoms with van der Waals surface area (Å²) >= 11 is 0. The Morgan fingerprint density at radius 1 is 1.42 bits per heavy atom. The lowest BCUT2D eigenvalue weighted by molar-refractivity contribution is -0.218. The summed E-state index contributed by atoms with van der Waals surface area (Å²) in [6, 6.07) is 0. The second-order valence-corrected chi connectivity index (χ2v) is 4.35. The van der Waals surface area contributed by atoms with E-state index in [-0.39, 0.29) is 5.92 Å². The highest BCUT2D eigenvalue weighted by molar-refractivity contribution is 7.85. The molecule has 1 rings (SSSR count). The smallest absolute Gasteiger partial charge is 0.281 e. The molecule has 0 N–H and O–H groups in total. The van der Waals surface area contributed by atoms with Gasteiger partial charge in [0.15, 0.2) is 0 Å². The quantitative estimate of drug-likeness (QED) is 0.475. The van der Waals surface area contributed by atoms with Gasteiger partial charge in [-0.15, -0.1) is 0 Å². The topological polar surface area (TPSA) is 69.7 Å². The van der Waals surface area contributed by atoms with E-state index in [9.17, 15) is 13.2 Å². The summed E-state index contributed by atoms with van der Waals surface area (Å²) in [5, 5.41) is 0. The van der Waals surface area contributed by atoms with E-state index in [1.807, 2.05) is 0 Å². The van der Waals surface area contributed by atoms with E-state index in [1.165, 1.54) is 0 Å². The molecule has 70 valence electrons. The minimum absolute atomic E-state index is 0.174. The highest BCUT2D eigenvalue weighted by Gasteiger charge is 2.28. The maximum atomic E-state index is 10.9. The Morgan fingerprint density at radius 3 is 2.33 bits per heavy atom. The molecule has 0 spiro atoms. The van der Waals surface area contributed by atoms with E-state index in [0.717, 1.165) is 25.5 Å².